The van der Waals surface area contributed by atoms with Gasteiger partial charge in [0.05, 0.1) is 27.6 Å². The molecule has 0 aromatic heterocycles. The molecule has 0 saturated carbocycles. The third-order valence-electron chi connectivity index (χ3n) is 3.91. The Morgan fingerprint density at radius 1 is 1.22 bits per heavy atom. The zero-order valence-electron chi connectivity index (χ0n) is 15.0. The van der Waals surface area contributed by atoms with Crippen LogP contribution in [0.2, 0.25) is 0 Å². The number of benzene rings is 2. The Balaban J connectivity index is 2.13. The highest BCUT2D eigenvalue weighted by atomic mass is 32.2. The van der Waals surface area contributed by atoms with Crippen LogP contribution in [0.5, 0.6) is 0 Å². The van der Waals surface area contributed by atoms with Gasteiger partial charge in [0.2, 0.25) is 15.9 Å². The molecule has 0 bridgehead atoms. The summed E-state index contributed by atoms with van der Waals surface area (Å²) in [5, 5.41) is 13.5. The maximum Gasteiger partial charge on any atom is 0.274 e. The molecule has 2 aromatic rings. The lowest BCUT2D eigenvalue weighted by molar-refractivity contribution is -0.385. The van der Waals surface area contributed by atoms with Gasteiger partial charge in [0.15, 0.2) is 0 Å². The molecule has 2 rings (SSSR count). The number of nitrogens with one attached hydrogen (secondary N) is 1. The average molecular weight is 409 g/mol. The Kier molecular flexibility index (Phi) is 6.58. The first-order chi connectivity index (χ1) is 12.7. The van der Waals surface area contributed by atoms with Gasteiger partial charge in [-0.2, -0.15) is 4.31 Å². The van der Waals surface area contributed by atoms with E-state index in [1.807, 2.05) is 6.26 Å². The number of nitrogens with zero attached hydrogens (tertiary/aromatic N) is 2. The summed E-state index contributed by atoms with van der Waals surface area (Å²) in [6.45, 7) is 1.09. The number of hydrogen-bond acceptors (Lipinski definition) is 6. The number of carbonyl (C=O) groups is 1. The molecule has 0 aliphatic rings. The molecule has 0 atom stereocenters. The molecule has 0 aliphatic carbocycles. The molecule has 0 aliphatic heterocycles. The molecule has 8 nitrogen and oxygen atoms in total. The van der Waals surface area contributed by atoms with Crippen molar-refractivity contribution in [3.8, 4) is 0 Å². The fraction of sp³-hybridized carbons (Fsp3) is 0.235. The Morgan fingerprint density at radius 2 is 1.85 bits per heavy atom. The zero-order valence-corrected chi connectivity index (χ0v) is 16.6. The van der Waals surface area contributed by atoms with Gasteiger partial charge in [0.1, 0.15) is 0 Å². The summed E-state index contributed by atoms with van der Waals surface area (Å²) in [5.41, 5.74) is 0.445. The van der Waals surface area contributed by atoms with Crippen molar-refractivity contribution in [2.24, 2.45) is 0 Å². The molecule has 1 N–H and O–H groups in total. The van der Waals surface area contributed by atoms with Gasteiger partial charge in [-0.1, -0.05) is 6.07 Å². The quantitative estimate of drug-likeness (QED) is 0.428. The first kappa shape index (κ1) is 20.9. The van der Waals surface area contributed by atoms with E-state index in [2.05, 4.69) is 5.32 Å². The fourth-order valence-corrected chi connectivity index (χ4v) is 3.90. The predicted octanol–water partition coefficient (Wildman–Crippen LogP) is 2.88. The van der Waals surface area contributed by atoms with Crippen LogP contribution < -0.4 is 5.32 Å². The minimum Gasteiger partial charge on any atom is -0.324 e. The van der Waals surface area contributed by atoms with Gasteiger partial charge in [-0.15, -0.1) is 11.8 Å². The molecule has 10 heteroatoms. The molecule has 0 heterocycles. The van der Waals surface area contributed by atoms with Crippen molar-refractivity contribution >= 4 is 39.1 Å². The van der Waals surface area contributed by atoms with E-state index in [0.29, 0.717) is 5.56 Å². The molecule has 2 aromatic carbocycles. The summed E-state index contributed by atoms with van der Waals surface area (Å²) in [4.78, 5) is 23.7. The van der Waals surface area contributed by atoms with Crippen molar-refractivity contribution in [3.05, 3.63) is 58.1 Å². The van der Waals surface area contributed by atoms with Gasteiger partial charge in [0, 0.05) is 18.0 Å². The van der Waals surface area contributed by atoms with Crippen LogP contribution in [0.4, 0.5) is 11.4 Å². The van der Waals surface area contributed by atoms with Gasteiger partial charge in [0.25, 0.3) is 5.69 Å². The Morgan fingerprint density at radius 3 is 2.41 bits per heavy atom. The minimum absolute atomic E-state index is 0.0853. The highest BCUT2D eigenvalue weighted by Gasteiger charge is 2.23. The lowest BCUT2D eigenvalue weighted by Crippen LogP contribution is -2.35. The normalized spacial score (nSPS) is 11.4. The Labute approximate surface area is 161 Å². The molecular formula is C17H19N3O5S2. The number of likely N-dealkylation sites (N-methyl/N-ethyl adjacent to an activating group) is 1. The summed E-state index contributed by atoms with van der Waals surface area (Å²) in [6.07, 6.45) is 1.88. The molecule has 0 radical (unpaired) electrons. The van der Waals surface area contributed by atoms with Gasteiger partial charge in [-0.25, -0.2) is 8.42 Å². The summed E-state index contributed by atoms with van der Waals surface area (Å²) >= 11 is 1.49. The molecule has 0 unspecified atom stereocenters. The summed E-state index contributed by atoms with van der Waals surface area (Å²) < 4.78 is 26.1. The molecule has 0 spiro atoms. The van der Waals surface area contributed by atoms with E-state index in [-0.39, 0.29) is 16.3 Å². The van der Waals surface area contributed by atoms with Crippen LogP contribution in [0.15, 0.2) is 52.3 Å². The second kappa shape index (κ2) is 8.51. The first-order valence-electron chi connectivity index (χ1n) is 7.81. The van der Waals surface area contributed by atoms with E-state index in [1.54, 1.807) is 12.1 Å². The summed E-state index contributed by atoms with van der Waals surface area (Å²) in [5.74, 6) is -0.592. The van der Waals surface area contributed by atoms with E-state index in [0.717, 1.165) is 9.20 Å². The largest absolute Gasteiger partial charge is 0.324 e. The van der Waals surface area contributed by atoms with Gasteiger partial charge < -0.3 is 5.32 Å². The van der Waals surface area contributed by atoms with Crippen molar-refractivity contribution in [1.29, 1.82) is 0 Å². The van der Waals surface area contributed by atoms with Crippen molar-refractivity contribution in [1.82, 2.24) is 4.31 Å². The van der Waals surface area contributed by atoms with Crippen LogP contribution in [-0.4, -0.2) is 43.4 Å². The molecule has 0 saturated heterocycles. The van der Waals surface area contributed by atoms with Crippen LogP contribution >= 0.6 is 11.8 Å². The number of hydrogen-bond donors (Lipinski definition) is 1. The maximum absolute atomic E-state index is 12.6. The number of rotatable bonds is 7. The second-order valence-corrected chi connectivity index (χ2v) is 8.62. The topological polar surface area (TPSA) is 110 Å². The van der Waals surface area contributed by atoms with Gasteiger partial charge in [-0.05, 0) is 43.5 Å². The van der Waals surface area contributed by atoms with Crippen LogP contribution in [0.3, 0.4) is 0 Å². The lowest BCUT2D eigenvalue weighted by atomic mass is 10.1. The molecule has 27 heavy (non-hydrogen) atoms. The number of sulfonamides is 1. The Bertz CT molecular complexity index is 959. The van der Waals surface area contributed by atoms with Crippen LogP contribution in [0.1, 0.15) is 5.56 Å². The number of thioether (sulfide) groups is 1. The van der Waals surface area contributed by atoms with E-state index >= 15 is 0 Å². The third kappa shape index (κ3) is 4.85. The first-order valence-corrected chi connectivity index (χ1v) is 10.5. The van der Waals surface area contributed by atoms with E-state index in [1.165, 1.54) is 56.1 Å². The number of anilines is 1. The highest BCUT2D eigenvalue weighted by Crippen LogP contribution is 2.25. The SMILES string of the molecule is CSc1ccc(S(=O)(=O)N(C)CC(=O)Nc2cccc([N+](=O)[O-])c2C)cc1. The standard InChI is InChI=1S/C17H19N3O5S2/c1-12-15(5-4-6-16(12)20(22)23)18-17(21)11-19(2)27(24,25)14-9-7-13(26-3)8-10-14/h4-10H,11H2,1-3H3,(H,18,21). The van der Waals surface area contributed by atoms with Crippen molar-refractivity contribution in [2.45, 2.75) is 16.7 Å². The van der Waals surface area contributed by atoms with Gasteiger partial charge in [-0.3, -0.25) is 14.9 Å². The highest BCUT2D eigenvalue weighted by molar-refractivity contribution is 7.98. The van der Waals surface area contributed by atoms with Gasteiger partial charge >= 0.3 is 0 Å². The maximum atomic E-state index is 12.6. The van der Waals surface area contributed by atoms with Crippen molar-refractivity contribution in [2.75, 3.05) is 25.2 Å². The number of amides is 1. The fourth-order valence-electron chi connectivity index (χ4n) is 2.36. The van der Waals surface area contributed by atoms with Crippen molar-refractivity contribution < 1.29 is 18.1 Å². The predicted molar refractivity (Wildman–Crippen MR) is 105 cm³/mol. The van der Waals surface area contributed by atoms with E-state index in [9.17, 15) is 23.3 Å². The summed E-state index contributed by atoms with van der Waals surface area (Å²) in [7, 11) is -2.52. The van der Waals surface area contributed by atoms with E-state index in [4.69, 9.17) is 0 Å². The molecule has 0 fully saturated rings. The van der Waals surface area contributed by atoms with Crippen LogP contribution in [-0.2, 0) is 14.8 Å². The number of carbonyl (C=O) groups excluding carboxylic acids is 1. The molecule has 1 amide bonds. The summed E-state index contributed by atoms with van der Waals surface area (Å²) in [6, 6.07) is 10.7. The molecule has 144 valence electrons. The molecular weight excluding hydrogens is 390 g/mol. The van der Waals surface area contributed by atoms with Crippen LogP contribution in [0, 0.1) is 17.0 Å². The minimum atomic E-state index is -3.83. The zero-order chi connectivity index (χ0) is 20.2. The van der Waals surface area contributed by atoms with E-state index < -0.39 is 27.4 Å². The van der Waals surface area contributed by atoms with Crippen LogP contribution in [0.25, 0.3) is 0 Å². The van der Waals surface area contributed by atoms with Crippen molar-refractivity contribution in [3.63, 3.8) is 0 Å². The monoisotopic (exact) mass is 409 g/mol. The lowest BCUT2D eigenvalue weighted by Gasteiger charge is -2.17. The average Bonchev–Trinajstić information content (AvgIpc) is 2.63. The smallest absolute Gasteiger partial charge is 0.274 e. The second-order valence-electron chi connectivity index (χ2n) is 5.69. The third-order valence-corrected chi connectivity index (χ3v) is 6.47. The Hall–Kier alpha value is -2.43. The number of nitro benzene ring substituents is 1. The number of nitro groups is 1.